The maximum atomic E-state index is 11.3. The summed E-state index contributed by atoms with van der Waals surface area (Å²) < 4.78 is 13.4. The third-order valence-corrected chi connectivity index (χ3v) is 5.90. The Morgan fingerprint density at radius 3 is 2.32 bits per heavy atom. The van der Waals surface area contributed by atoms with Gasteiger partial charge >= 0.3 is 5.97 Å². The first-order valence-electron chi connectivity index (χ1n) is 10.3. The van der Waals surface area contributed by atoms with Crippen LogP contribution in [0.15, 0.2) is 65.6 Å². The molecular weight excluding hydrogens is 410 g/mol. The maximum absolute atomic E-state index is 11.3. The van der Waals surface area contributed by atoms with E-state index >= 15 is 0 Å². The second kappa shape index (κ2) is 11.2. The molecule has 3 rings (SSSR count). The van der Waals surface area contributed by atoms with Crippen LogP contribution in [0.25, 0.3) is 11.3 Å². The summed E-state index contributed by atoms with van der Waals surface area (Å²) in [7, 11) is 0. The molecule has 0 aliphatic rings. The Morgan fingerprint density at radius 2 is 1.71 bits per heavy atom. The molecule has 2 aromatic carbocycles. The lowest BCUT2D eigenvalue weighted by molar-refractivity contribution is -0.149. The van der Waals surface area contributed by atoms with Gasteiger partial charge in [0.15, 0.2) is 6.10 Å². The number of nitrogens with zero attached hydrogens (tertiary/aromatic N) is 1. The van der Waals surface area contributed by atoms with Crippen LogP contribution in [0.5, 0.6) is 0 Å². The SMILES string of the molecule is CCO[C@@H](Cc1ccc(COCn2c(C)ccc2-c2ccc(SC)cc2)cc1)C(=O)O. The number of carbonyl (C=O) groups is 1. The van der Waals surface area contributed by atoms with Crippen molar-refractivity contribution in [1.82, 2.24) is 4.57 Å². The molecule has 1 atom stereocenters. The number of aryl methyl sites for hydroxylation is 1. The van der Waals surface area contributed by atoms with Gasteiger partial charge in [0.25, 0.3) is 0 Å². The Labute approximate surface area is 188 Å². The standard InChI is InChI=1S/C25H29NO4S/c1-4-30-24(25(27)28)15-19-6-8-20(9-7-19)16-29-17-26-18(2)5-14-23(26)21-10-12-22(31-3)13-11-21/h5-14,24H,4,15-17H2,1-3H3,(H,27,28)/t24-/m0/s1. The van der Waals surface area contributed by atoms with Crippen molar-refractivity contribution in [3.8, 4) is 11.3 Å². The van der Waals surface area contributed by atoms with Crippen LogP contribution < -0.4 is 0 Å². The van der Waals surface area contributed by atoms with Gasteiger partial charge in [-0.25, -0.2) is 4.79 Å². The normalized spacial score (nSPS) is 12.1. The van der Waals surface area contributed by atoms with Crippen LogP contribution in [0.2, 0.25) is 0 Å². The van der Waals surface area contributed by atoms with E-state index in [0.717, 1.165) is 22.5 Å². The lowest BCUT2D eigenvalue weighted by atomic mass is 10.1. The number of aromatic nitrogens is 1. The van der Waals surface area contributed by atoms with Gasteiger partial charge in [-0.1, -0.05) is 36.4 Å². The zero-order valence-corrected chi connectivity index (χ0v) is 19.0. The molecule has 31 heavy (non-hydrogen) atoms. The van der Waals surface area contributed by atoms with Crippen LogP contribution in [0, 0.1) is 6.92 Å². The van der Waals surface area contributed by atoms with E-state index in [9.17, 15) is 9.90 Å². The van der Waals surface area contributed by atoms with E-state index in [1.54, 1.807) is 18.7 Å². The fourth-order valence-corrected chi connectivity index (χ4v) is 3.82. The molecule has 164 valence electrons. The van der Waals surface area contributed by atoms with E-state index in [0.29, 0.717) is 26.4 Å². The Hall–Kier alpha value is -2.54. The Morgan fingerprint density at radius 1 is 1.03 bits per heavy atom. The largest absolute Gasteiger partial charge is 0.479 e. The fourth-order valence-electron chi connectivity index (χ4n) is 3.41. The van der Waals surface area contributed by atoms with E-state index in [1.165, 1.54) is 10.5 Å². The van der Waals surface area contributed by atoms with E-state index < -0.39 is 12.1 Å². The molecule has 0 bridgehead atoms. The van der Waals surface area contributed by atoms with Crippen molar-refractivity contribution in [3.63, 3.8) is 0 Å². The van der Waals surface area contributed by atoms with E-state index in [-0.39, 0.29) is 0 Å². The zero-order chi connectivity index (χ0) is 22.2. The van der Waals surface area contributed by atoms with Gasteiger partial charge in [0.1, 0.15) is 6.73 Å². The number of ether oxygens (including phenoxy) is 2. The first-order valence-corrected chi connectivity index (χ1v) is 11.5. The quantitative estimate of drug-likeness (QED) is 0.406. The van der Waals surface area contributed by atoms with Crippen LogP contribution in [-0.2, 0) is 34.0 Å². The van der Waals surface area contributed by atoms with Crippen molar-refractivity contribution < 1.29 is 19.4 Å². The van der Waals surface area contributed by atoms with Gasteiger partial charge in [-0.3, -0.25) is 0 Å². The average molecular weight is 440 g/mol. The van der Waals surface area contributed by atoms with Crippen LogP contribution in [0.4, 0.5) is 0 Å². The second-order valence-electron chi connectivity index (χ2n) is 7.30. The van der Waals surface area contributed by atoms with Crippen molar-refractivity contribution in [1.29, 1.82) is 0 Å². The van der Waals surface area contributed by atoms with Gasteiger partial charge in [-0.05, 0) is 61.1 Å². The topological polar surface area (TPSA) is 60.7 Å². The number of carboxylic acid groups (broad SMARTS) is 1. The molecule has 0 amide bonds. The lowest BCUT2D eigenvalue weighted by Gasteiger charge is -2.14. The molecular formula is C25H29NO4S. The van der Waals surface area contributed by atoms with Gasteiger partial charge in [0.05, 0.1) is 12.3 Å². The molecule has 5 nitrogen and oxygen atoms in total. The first kappa shape index (κ1) is 23.1. The van der Waals surface area contributed by atoms with Crippen molar-refractivity contribution >= 4 is 17.7 Å². The molecule has 0 aliphatic heterocycles. The summed E-state index contributed by atoms with van der Waals surface area (Å²) in [5.74, 6) is -0.935. The minimum absolute atomic E-state index is 0.353. The van der Waals surface area contributed by atoms with Crippen molar-refractivity contribution in [3.05, 3.63) is 77.5 Å². The summed E-state index contributed by atoms with van der Waals surface area (Å²) in [6, 6.07) is 20.6. The minimum atomic E-state index is -0.935. The summed E-state index contributed by atoms with van der Waals surface area (Å²) in [4.78, 5) is 12.5. The third-order valence-electron chi connectivity index (χ3n) is 5.16. The summed E-state index contributed by atoms with van der Waals surface area (Å²) in [6.45, 7) is 5.20. The summed E-state index contributed by atoms with van der Waals surface area (Å²) in [5, 5.41) is 9.23. The van der Waals surface area contributed by atoms with Gasteiger partial charge in [0, 0.05) is 23.6 Å². The first-order chi connectivity index (χ1) is 15.0. The van der Waals surface area contributed by atoms with Gasteiger partial charge in [-0.2, -0.15) is 0 Å². The predicted octanol–water partition coefficient (Wildman–Crippen LogP) is 5.39. The van der Waals surface area contributed by atoms with Gasteiger partial charge < -0.3 is 19.1 Å². The zero-order valence-electron chi connectivity index (χ0n) is 18.2. The van der Waals surface area contributed by atoms with Crippen molar-refractivity contribution in [2.45, 2.75) is 44.6 Å². The highest BCUT2D eigenvalue weighted by Crippen LogP contribution is 2.25. The molecule has 1 N–H and O–H groups in total. The summed E-state index contributed by atoms with van der Waals surface area (Å²) in [5.41, 5.74) is 5.43. The number of aliphatic carboxylic acids is 1. The molecule has 6 heteroatoms. The molecule has 0 aliphatic carbocycles. The smallest absolute Gasteiger partial charge is 0.333 e. The number of carboxylic acids is 1. The van der Waals surface area contributed by atoms with Crippen molar-refractivity contribution in [2.24, 2.45) is 0 Å². The third kappa shape index (κ3) is 6.23. The molecule has 3 aromatic rings. The Bertz CT molecular complexity index is 980. The Kier molecular flexibility index (Phi) is 8.35. The lowest BCUT2D eigenvalue weighted by Crippen LogP contribution is -2.26. The molecule has 0 unspecified atom stereocenters. The number of benzene rings is 2. The molecule has 0 radical (unpaired) electrons. The molecule has 1 heterocycles. The van der Waals surface area contributed by atoms with Crippen LogP contribution >= 0.6 is 11.8 Å². The van der Waals surface area contributed by atoms with Crippen LogP contribution in [0.3, 0.4) is 0 Å². The number of hydrogen-bond acceptors (Lipinski definition) is 4. The molecule has 0 fully saturated rings. The maximum Gasteiger partial charge on any atom is 0.333 e. The highest BCUT2D eigenvalue weighted by atomic mass is 32.2. The summed E-state index contributed by atoms with van der Waals surface area (Å²) in [6.07, 6.45) is 1.62. The monoisotopic (exact) mass is 439 g/mol. The van der Waals surface area contributed by atoms with Gasteiger partial charge in [-0.15, -0.1) is 11.8 Å². The molecule has 0 saturated carbocycles. The van der Waals surface area contributed by atoms with E-state index in [4.69, 9.17) is 9.47 Å². The predicted molar refractivity (Wildman–Crippen MR) is 124 cm³/mol. The van der Waals surface area contributed by atoms with Crippen molar-refractivity contribution in [2.75, 3.05) is 12.9 Å². The fraction of sp³-hybridized carbons (Fsp3) is 0.320. The number of hydrogen-bond donors (Lipinski definition) is 1. The Balaban J connectivity index is 1.59. The number of rotatable bonds is 11. The van der Waals surface area contributed by atoms with E-state index in [2.05, 4.69) is 54.1 Å². The minimum Gasteiger partial charge on any atom is -0.479 e. The summed E-state index contributed by atoms with van der Waals surface area (Å²) >= 11 is 1.73. The van der Waals surface area contributed by atoms with Gasteiger partial charge in [0.2, 0.25) is 0 Å². The number of thioether (sulfide) groups is 1. The second-order valence-corrected chi connectivity index (χ2v) is 8.18. The van der Waals surface area contributed by atoms with E-state index in [1.807, 2.05) is 24.3 Å². The molecule has 0 saturated heterocycles. The van der Waals surface area contributed by atoms with Crippen LogP contribution in [-0.4, -0.2) is 34.6 Å². The molecule has 0 spiro atoms. The highest BCUT2D eigenvalue weighted by molar-refractivity contribution is 7.98. The average Bonchev–Trinajstić information content (AvgIpc) is 3.15. The van der Waals surface area contributed by atoms with Crippen LogP contribution in [0.1, 0.15) is 23.7 Å². The highest BCUT2D eigenvalue weighted by Gasteiger charge is 2.17. The molecule has 1 aromatic heterocycles.